The van der Waals surface area contributed by atoms with E-state index >= 15 is 0 Å². The average Bonchev–Trinajstić information content (AvgIpc) is 3.41. The van der Waals surface area contributed by atoms with E-state index in [1.165, 1.54) is 23.3 Å². The van der Waals surface area contributed by atoms with Crippen molar-refractivity contribution in [2.75, 3.05) is 11.9 Å². The molecule has 0 fully saturated rings. The van der Waals surface area contributed by atoms with Gasteiger partial charge in [-0.2, -0.15) is 0 Å². The fourth-order valence-electron chi connectivity index (χ4n) is 3.68. The molecule has 1 aliphatic rings. The number of fused-ring (bicyclic) bond motifs is 1. The molecule has 0 aliphatic carbocycles. The molecule has 5 heteroatoms. The van der Waals surface area contributed by atoms with Crippen LogP contribution in [0.15, 0.2) is 72.8 Å². The standard InChI is InChI=1S/C25H21FN2OS/c26-21-9-6-17(7-10-21)15-23-24(19-4-2-1-3-5-19)28-25(30-23)27-16-18-8-11-22-20(14-18)12-13-29-22/h1-11,14H,12-13,15-16H2,(H,27,28). The number of nitrogens with one attached hydrogen (secondary N) is 1. The van der Waals surface area contributed by atoms with E-state index in [-0.39, 0.29) is 5.82 Å². The lowest BCUT2D eigenvalue weighted by atomic mass is 10.1. The third-order valence-electron chi connectivity index (χ3n) is 5.22. The minimum absolute atomic E-state index is 0.214. The summed E-state index contributed by atoms with van der Waals surface area (Å²) in [6.45, 7) is 1.48. The lowest BCUT2D eigenvalue weighted by molar-refractivity contribution is 0.357. The Kier molecular flexibility index (Phi) is 5.20. The molecule has 30 heavy (non-hydrogen) atoms. The van der Waals surface area contributed by atoms with Crippen molar-refractivity contribution >= 4 is 16.5 Å². The van der Waals surface area contributed by atoms with Crippen molar-refractivity contribution < 1.29 is 9.13 Å². The van der Waals surface area contributed by atoms with Gasteiger partial charge in [0.25, 0.3) is 0 Å². The van der Waals surface area contributed by atoms with Crippen molar-refractivity contribution in [1.29, 1.82) is 0 Å². The molecule has 3 nitrogen and oxygen atoms in total. The summed E-state index contributed by atoms with van der Waals surface area (Å²) in [5, 5.41) is 4.38. The molecule has 0 radical (unpaired) electrons. The highest BCUT2D eigenvalue weighted by Crippen LogP contribution is 2.33. The molecule has 0 bridgehead atoms. The van der Waals surface area contributed by atoms with E-state index in [1.807, 2.05) is 30.3 Å². The fraction of sp³-hybridized carbons (Fsp3) is 0.160. The number of nitrogens with zero attached hydrogens (tertiary/aromatic N) is 1. The molecular formula is C25H21FN2OS. The Morgan fingerprint density at radius 1 is 0.967 bits per heavy atom. The number of hydrogen-bond donors (Lipinski definition) is 1. The Morgan fingerprint density at radius 2 is 1.77 bits per heavy atom. The quantitative estimate of drug-likeness (QED) is 0.413. The number of rotatable bonds is 6. The van der Waals surface area contributed by atoms with Gasteiger partial charge in [0.05, 0.1) is 12.3 Å². The molecule has 0 spiro atoms. The molecule has 150 valence electrons. The first-order valence-corrected chi connectivity index (χ1v) is 10.8. The van der Waals surface area contributed by atoms with Gasteiger partial charge in [-0.05, 0) is 34.9 Å². The van der Waals surface area contributed by atoms with Crippen LogP contribution in [-0.4, -0.2) is 11.6 Å². The average molecular weight is 417 g/mol. The number of anilines is 1. The second-order valence-corrected chi connectivity index (χ2v) is 8.44. The Bertz CT molecular complexity index is 1160. The number of thiazole rings is 1. The highest BCUT2D eigenvalue weighted by Gasteiger charge is 2.15. The van der Waals surface area contributed by atoms with Crippen LogP contribution in [0.2, 0.25) is 0 Å². The minimum atomic E-state index is -0.214. The summed E-state index contributed by atoms with van der Waals surface area (Å²) in [4.78, 5) is 6.05. The highest BCUT2D eigenvalue weighted by molar-refractivity contribution is 7.16. The molecular weight excluding hydrogens is 395 g/mol. The zero-order chi connectivity index (χ0) is 20.3. The maximum absolute atomic E-state index is 13.3. The van der Waals surface area contributed by atoms with Crippen molar-refractivity contribution in [2.45, 2.75) is 19.4 Å². The van der Waals surface area contributed by atoms with Crippen LogP contribution in [-0.2, 0) is 19.4 Å². The molecule has 0 saturated carbocycles. The van der Waals surface area contributed by atoms with Gasteiger partial charge in [0.15, 0.2) is 5.13 Å². The van der Waals surface area contributed by atoms with Gasteiger partial charge in [0.1, 0.15) is 11.6 Å². The number of hydrogen-bond acceptors (Lipinski definition) is 4. The fourth-order valence-corrected chi connectivity index (χ4v) is 4.70. The third-order valence-corrected chi connectivity index (χ3v) is 6.23. The molecule has 0 saturated heterocycles. The van der Waals surface area contributed by atoms with Crippen molar-refractivity contribution in [3.63, 3.8) is 0 Å². The zero-order valence-corrected chi connectivity index (χ0v) is 17.2. The molecule has 0 atom stereocenters. The van der Waals surface area contributed by atoms with Crippen LogP contribution < -0.4 is 10.1 Å². The van der Waals surface area contributed by atoms with Gasteiger partial charge in [-0.15, -0.1) is 11.3 Å². The summed E-state index contributed by atoms with van der Waals surface area (Å²) in [7, 11) is 0. The van der Waals surface area contributed by atoms with E-state index in [9.17, 15) is 4.39 Å². The second-order valence-electron chi connectivity index (χ2n) is 7.35. The van der Waals surface area contributed by atoms with E-state index in [0.717, 1.165) is 52.0 Å². The van der Waals surface area contributed by atoms with Gasteiger partial charge in [-0.3, -0.25) is 0 Å². The van der Waals surface area contributed by atoms with E-state index in [2.05, 4.69) is 35.6 Å². The number of ether oxygens (including phenoxy) is 1. The second kappa shape index (κ2) is 8.28. The van der Waals surface area contributed by atoms with Crippen molar-refractivity contribution in [3.05, 3.63) is 100 Å². The predicted molar refractivity (Wildman–Crippen MR) is 120 cm³/mol. The van der Waals surface area contributed by atoms with Gasteiger partial charge in [0.2, 0.25) is 0 Å². The predicted octanol–water partition coefficient (Wildman–Crippen LogP) is 6.09. The van der Waals surface area contributed by atoms with Gasteiger partial charge in [-0.25, -0.2) is 9.37 Å². The maximum atomic E-state index is 13.3. The molecule has 0 amide bonds. The SMILES string of the molecule is Fc1ccc(Cc2sc(NCc3ccc4c(c3)CCO4)nc2-c2ccccc2)cc1. The largest absolute Gasteiger partial charge is 0.493 e. The lowest BCUT2D eigenvalue weighted by Crippen LogP contribution is -1.99. The summed E-state index contributed by atoms with van der Waals surface area (Å²) >= 11 is 1.66. The third kappa shape index (κ3) is 4.07. The molecule has 2 heterocycles. The first kappa shape index (κ1) is 18.8. The first-order chi connectivity index (χ1) is 14.7. The topological polar surface area (TPSA) is 34.1 Å². The van der Waals surface area contributed by atoms with Gasteiger partial charge in [0, 0.05) is 29.8 Å². The molecule has 0 unspecified atom stereocenters. The van der Waals surface area contributed by atoms with E-state index in [4.69, 9.17) is 9.72 Å². The minimum Gasteiger partial charge on any atom is -0.493 e. The van der Waals surface area contributed by atoms with Crippen LogP contribution in [0.4, 0.5) is 9.52 Å². The first-order valence-electron chi connectivity index (χ1n) is 10.0. The van der Waals surface area contributed by atoms with Gasteiger partial charge in [-0.1, -0.05) is 54.6 Å². The van der Waals surface area contributed by atoms with Crippen molar-refractivity contribution in [1.82, 2.24) is 4.98 Å². The number of halogens is 1. The Balaban J connectivity index is 1.39. The molecule has 3 aromatic carbocycles. The van der Waals surface area contributed by atoms with Crippen LogP contribution in [0.1, 0.15) is 21.6 Å². The monoisotopic (exact) mass is 416 g/mol. The van der Waals surface area contributed by atoms with E-state index in [0.29, 0.717) is 6.54 Å². The molecule has 5 rings (SSSR count). The zero-order valence-electron chi connectivity index (χ0n) is 16.4. The van der Waals surface area contributed by atoms with Crippen molar-refractivity contribution in [2.24, 2.45) is 0 Å². The lowest BCUT2D eigenvalue weighted by Gasteiger charge is -2.05. The van der Waals surface area contributed by atoms with Gasteiger partial charge >= 0.3 is 0 Å². The summed E-state index contributed by atoms with van der Waals surface area (Å²) in [5.41, 5.74) is 5.64. The maximum Gasteiger partial charge on any atom is 0.183 e. The number of benzene rings is 3. The smallest absolute Gasteiger partial charge is 0.183 e. The molecule has 1 aromatic heterocycles. The van der Waals surface area contributed by atoms with Crippen LogP contribution in [0.3, 0.4) is 0 Å². The Labute approximate surface area is 179 Å². The van der Waals surface area contributed by atoms with E-state index < -0.39 is 0 Å². The molecule has 1 aliphatic heterocycles. The summed E-state index contributed by atoms with van der Waals surface area (Å²) in [5.74, 6) is 0.786. The van der Waals surface area contributed by atoms with Crippen LogP contribution >= 0.6 is 11.3 Å². The van der Waals surface area contributed by atoms with Crippen LogP contribution in [0, 0.1) is 5.82 Å². The normalized spacial score (nSPS) is 12.4. The Hall–Kier alpha value is -3.18. The molecule has 1 N–H and O–H groups in total. The summed E-state index contributed by atoms with van der Waals surface area (Å²) in [6.07, 6.45) is 1.69. The summed E-state index contributed by atoms with van der Waals surface area (Å²) < 4.78 is 18.9. The summed E-state index contributed by atoms with van der Waals surface area (Å²) in [6, 6.07) is 23.3. The van der Waals surface area contributed by atoms with E-state index in [1.54, 1.807) is 11.3 Å². The highest BCUT2D eigenvalue weighted by atomic mass is 32.1. The van der Waals surface area contributed by atoms with Crippen molar-refractivity contribution in [3.8, 4) is 17.0 Å². The van der Waals surface area contributed by atoms with Crippen LogP contribution in [0.25, 0.3) is 11.3 Å². The Morgan fingerprint density at radius 3 is 2.60 bits per heavy atom. The number of aromatic nitrogens is 1. The van der Waals surface area contributed by atoms with Crippen LogP contribution in [0.5, 0.6) is 5.75 Å². The van der Waals surface area contributed by atoms with Gasteiger partial charge < -0.3 is 10.1 Å². The molecule has 4 aromatic rings.